The van der Waals surface area contributed by atoms with Gasteiger partial charge in [0.2, 0.25) is 0 Å². The molecule has 0 aliphatic carbocycles. The van der Waals surface area contributed by atoms with Gasteiger partial charge >= 0.3 is 26.4 Å². The molecule has 0 saturated carbocycles. The molecule has 0 aliphatic rings. The Morgan fingerprint density at radius 1 is 0.455 bits per heavy atom. The maximum atomic E-state index is 6.20. The molecule has 0 bridgehead atoms. The monoisotopic (exact) mass is 530 g/mol. The van der Waals surface area contributed by atoms with E-state index in [-0.39, 0.29) is 5.92 Å². The van der Waals surface area contributed by atoms with E-state index >= 15 is 0 Å². The van der Waals surface area contributed by atoms with Gasteiger partial charge in [-0.15, -0.1) is 0 Å². The molecule has 0 fully saturated rings. The molecular formula is C21H50O9Si3. The van der Waals surface area contributed by atoms with Gasteiger partial charge in [0.25, 0.3) is 0 Å². The van der Waals surface area contributed by atoms with E-state index in [9.17, 15) is 0 Å². The zero-order valence-electron chi connectivity index (χ0n) is 22.9. The normalized spacial score (nSPS) is 14.6. The molecule has 0 amide bonds. The smallest absolute Gasteiger partial charge is 0.377 e. The summed E-state index contributed by atoms with van der Waals surface area (Å²) in [6, 6.07) is 0. The van der Waals surface area contributed by atoms with E-state index in [2.05, 4.69) is 13.8 Å². The third kappa shape index (κ3) is 6.00. The van der Waals surface area contributed by atoms with Gasteiger partial charge in [0.1, 0.15) is 0 Å². The van der Waals surface area contributed by atoms with Gasteiger partial charge in [-0.25, -0.2) is 0 Å². The lowest BCUT2D eigenvalue weighted by molar-refractivity contribution is 0.0129. The molecule has 0 aromatic rings. The van der Waals surface area contributed by atoms with Crippen LogP contribution in [0.15, 0.2) is 0 Å². The van der Waals surface area contributed by atoms with Crippen LogP contribution in [0, 0.1) is 5.92 Å². The SMILES string of the molecule is CCCCCCC(CCCC)C([Si](OC)(OC)OC)([Si](OC)(OC)OC)[Si](OC)(OC)OC. The molecular weight excluding hydrogens is 480 g/mol. The Hall–Kier alpha value is 0.291. The van der Waals surface area contributed by atoms with E-state index in [1.165, 1.54) is 0 Å². The molecule has 200 valence electrons. The number of hydrogen-bond donors (Lipinski definition) is 0. The predicted molar refractivity (Wildman–Crippen MR) is 135 cm³/mol. The van der Waals surface area contributed by atoms with Gasteiger partial charge in [-0.3, -0.25) is 0 Å². The second-order valence-electron chi connectivity index (χ2n) is 8.00. The Morgan fingerprint density at radius 3 is 1.03 bits per heavy atom. The van der Waals surface area contributed by atoms with Crippen molar-refractivity contribution in [3.63, 3.8) is 0 Å². The van der Waals surface area contributed by atoms with Crippen molar-refractivity contribution in [1.82, 2.24) is 0 Å². The van der Waals surface area contributed by atoms with Gasteiger partial charge in [-0.05, 0) is 18.8 Å². The Morgan fingerprint density at radius 2 is 0.758 bits per heavy atom. The lowest BCUT2D eigenvalue weighted by atomic mass is 9.96. The molecule has 0 aromatic heterocycles. The van der Waals surface area contributed by atoms with Crippen LogP contribution in [0.3, 0.4) is 0 Å². The minimum absolute atomic E-state index is 0.0844. The topological polar surface area (TPSA) is 83.1 Å². The highest BCUT2D eigenvalue weighted by atomic mass is 28.5. The van der Waals surface area contributed by atoms with Crippen molar-refractivity contribution in [2.45, 2.75) is 69.5 Å². The molecule has 0 aliphatic heterocycles. The summed E-state index contributed by atoms with van der Waals surface area (Å²) in [5.74, 6) is -0.0844. The number of rotatable bonds is 21. The fourth-order valence-electron chi connectivity index (χ4n) is 5.36. The Kier molecular flexibility index (Phi) is 16.3. The first-order valence-corrected chi connectivity index (χ1v) is 17.0. The Bertz CT molecular complexity index is 426. The van der Waals surface area contributed by atoms with Gasteiger partial charge in [-0.2, -0.15) is 0 Å². The molecule has 1 atom stereocenters. The largest absolute Gasteiger partial charge is 0.516 e. The average molecular weight is 531 g/mol. The maximum Gasteiger partial charge on any atom is 0.516 e. The second-order valence-corrected chi connectivity index (χ2v) is 18.9. The summed E-state index contributed by atoms with van der Waals surface area (Å²) >= 11 is 0. The van der Waals surface area contributed by atoms with Crippen molar-refractivity contribution < 1.29 is 39.8 Å². The quantitative estimate of drug-likeness (QED) is 0.160. The van der Waals surface area contributed by atoms with Crippen molar-refractivity contribution in [2.24, 2.45) is 5.92 Å². The van der Waals surface area contributed by atoms with Crippen molar-refractivity contribution in [3.05, 3.63) is 0 Å². The average Bonchev–Trinajstić information content (AvgIpc) is 2.87. The van der Waals surface area contributed by atoms with Crippen LogP contribution in [-0.4, -0.2) is 90.4 Å². The molecule has 1 unspecified atom stereocenters. The maximum absolute atomic E-state index is 6.20. The van der Waals surface area contributed by atoms with Gasteiger partial charge in [0.15, 0.2) is 4.28 Å². The first-order chi connectivity index (χ1) is 15.8. The number of hydrogen-bond acceptors (Lipinski definition) is 9. The minimum Gasteiger partial charge on any atom is -0.377 e. The first kappa shape index (κ1) is 33.3. The van der Waals surface area contributed by atoms with Crippen LogP contribution in [0.2, 0.25) is 4.28 Å². The lowest BCUT2D eigenvalue weighted by Gasteiger charge is -2.57. The summed E-state index contributed by atoms with van der Waals surface area (Å²) in [6.45, 7) is 4.37. The summed E-state index contributed by atoms with van der Waals surface area (Å²) in [5.41, 5.74) is 0. The standard InChI is InChI=1S/C21H50O9Si3/c1-12-14-16-17-19-20(18-15-13-2)21(31(22-3,23-4)24-5,32(25-6,26-7)27-8)33(28-9,29-10)30-11/h20H,12-19H2,1-11H3. The summed E-state index contributed by atoms with van der Waals surface area (Å²) in [6.07, 6.45) is 8.12. The van der Waals surface area contributed by atoms with E-state index in [0.29, 0.717) is 0 Å². The molecule has 9 nitrogen and oxygen atoms in total. The minimum atomic E-state index is -3.70. The first-order valence-electron chi connectivity index (χ1n) is 11.8. The molecule has 0 aromatic carbocycles. The van der Waals surface area contributed by atoms with Gasteiger partial charge < -0.3 is 39.8 Å². The van der Waals surface area contributed by atoms with E-state index in [4.69, 9.17) is 39.8 Å². The zero-order valence-corrected chi connectivity index (χ0v) is 25.9. The summed E-state index contributed by atoms with van der Waals surface area (Å²) < 4.78 is 54.6. The van der Waals surface area contributed by atoms with Crippen LogP contribution in [-0.2, 0) is 39.8 Å². The van der Waals surface area contributed by atoms with Gasteiger partial charge in [-0.1, -0.05) is 52.4 Å². The van der Waals surface area contributed by atoms with Gasteiger partial charge in [0, 0.05) is 64.0 Å². The van der Waals surface area contributed by atoms with E-state index in [1.807, 2.05) is 0 Å². The second kappa shape index (κ2) is 16.1. The number of unbranched alkanes of at least 4 members (excludes halogenated alkanes) is 4. The molecule has 12 heteroatoms. The third-order valence-corrected chi connectivity index (χ3v) is 21.3. The van der Waals surface area contributed by atoms with Gasteiger partial charge in [0.05, 0.1) is 0 Å². The van der Waals surface area contributed by atoms with Crippen LogP contribution in [0.25, 0.3) is 0 Å². The molecule has 0 spiro atoms. The molecule has 0 rings (SSSR count). The zero-order chi connectivity index (χ0) is 25.6. The molecule has 0 N–H and O–H groups in total. The summed E-state index contributed by atoms with van der Waals surface area (Å²) in [4.78, 5) is 0. The van der Waals surface area contributed by atoms with Crippen molar-refractivity contribution >= 4 is 26.4 Å². The van der Waals surface area contributed by atoms with E-state index < -0.39 is 30.7 Å². The van der Waals surface area contributed by atoms with Crippen LogP contribution in [0.5, 0.6) is 0 Å². The highest BCUT2D eigenvalue weighted by Gasteiger charge is 2.90. The highest BCUT2D eigenvalue weighted by molar-refractivity contribution is 7.02. The Balaban J connectivity index is 7.60. The predicted octanol–water partition coefficient (Wildman–Crippen LogP) is 4.22. The van der Waals surface area contributed by atoms with Crippen molar-refractivity contribution in [3.8, 4) is 0 Å². The van der Waals surface area contributed by atoms with E-state index in [1.54, 1.807) is 64.0 Å². The fraction of sp³-hybridized carbons (Fsp3) is 1.00. The van der Waals surface area contributed by atoms with Crippen molar-refractivity contribution in [1.29, 1.82) is 0 Å². The molecule has 0 radical (unpaired) electrons. The van der Waals surface area contributed by atoms with Crippen LogP contribution < -0.4 is 0 Å². The molecule has 33 heavy (non-hydrogen) atoms. The van der Waals surface area contributed by atoms with Crippen LogP contribution in [0.1, 0.15) is 65.2 Å². The molecule has 0 heterocycles. The van der Waals surface area contributed by atoms with Crippen LogP contribution >= 0.6 is 0 Å². The third-order valence-electron chi connectivity index (χ3n) is 6.79. The lowest BCUT2D eigenvalue weighted by Crippen LogP contribution is -2.82. The van der Waals surface area contributed by atoms with E-state index in [0.717, 1.165) is 51.4 Å². The highest BCUT2D eigenvalue weighted by Crippen LogP contribution is 2.62. The fourth-order valence-corrected chi connectivity index (χ4v) is 22.1. The van der Waals surface area contributed by atoms with Crippen LogP contribution in [0.4, 0.5) is 0 Å². The summed E-state index contributed by atoms with van der Waals surface area (Å²) in [5, 5.41) is 0. The Labute approximate surface area is 205 Å². The summed E-state index contributed by atoms with van der Waals surface area (Å²) in [7, 11) is 3.16. The van der Waals surface area contributed by atoms with Crippen molar-refractivity contribution in [2.75, 3.05) is 64.0 Å². The molecule has 0 saturated heterocycles.